The lowest BCUT2D eigenvalue weighted by Crippen LogP contribution is -2.39. The van der Waals surface area contributed by atoms with E-state index in [0.29, 0.717) is 6.42 Å². The molecule has 0 aliphatic rings. The van der Waals surface area contributed by atoms with Crippen LogP contribution in [-0.4, -0.2) is 41.4 Å². The quantitative estimate of drug-likeness (QED) is 0.473. The van der Waals surface area contributed by atoms with Gasteiger partial charge in [-0.15, -0.1) is 0 Å². The third-order valence-electron chi connectivity index (χ3n) is 3.06. The summed E-state index contributed by atoms with van der Waals surface area (Å²) in [5.74, 6) is -1.22. The molecule has 0 heterocycles. The molecule has 1 aromatic carbocycles. The molecule has 27 heavy (non-hydrogen) atoms. The van der Waals surface area contributed by atoms with Gasteiger partial charge in [0.25, 0.3) is 0 Å². The minimum atomic E-state index is -1.23. The largest absolute Gasteiger partial charge is 0.479 e. The number of rotatable bonds is 8. The van der Waals surface area contributed by atoms with E-state index in [1.807, 2.05) is 18.2 Å². The molecule has 0 bridgehead atoms. The molecule has 0 spiro atoms. The molecule has 0 radical (unpaired) electrons. The Morgan fingerprint density at radius 1 is 1.15 bits per heavy atom. The number of carbonyl (C=O) groups is 3. The summed E-state index contributed by atoms with van der Waals surface area (Å²) < 4.78 is 10.1. The first-order chi connectivity index (χ1) is 12.7. The van der Waals surface area contributed by atoms with E-state index in [-0.39, 0.29) is 13.2 Å². The first-order valence-electron chi connectivity index (χ1n) is 8.51. The summed E-state index contributed by atoms with van der Waals surface area (Å²) in [6, 6.07) is 7.82. The summed E-state index contributed by atoms with van der Waals surface area (Å²) in [7, 11) is 0. The Hall–Kier alpha value is -3.03. The van der Waals surface area contributed by atoms with Crippen molar-refractivity contribution in [3.8, 4) is 0 Å². The Kier molecular flexibility index (Phi) is 8.84. The maximum atomic E-state index is 11.7. The maximum absolute atomic E-state index is 11.7. The van der Waals surface area contributed by atoms with Crippen LogP contribution in [0.25, 0.3) is 0 Å². The Morgan fingerprint density at radius 3 is 2.41 bits per heavy atom. The number of carboxylic acid groups (broad SMARTS) is 1. The standard InChI is InChI=1S/C19H26N2O6/c1-19(2,3)27-17(24)20-12-8-7-11-15(16(22)23)21-18(25)26-13-14-9-5-4-6-10-14/h4-7,9-11,15H,8,12-13H2,1-3H3,(H,20,24)(H,21,25)(H,22,23)/b11-7+/t15-/m0/s1. The van der Waals surface area contributed by atoms with Gasteiger partial charge in [0.2, 0.25) is 0 Å². The lowest BCUT2D eigenvalue weighted by Gasteiger charge is -2.19. The van der Waals surface area contributed by atoms with E-state index in [1.54, 1.807) is 39.0 Å². The molecule has 0 aromatic heterocycles. The fourth-order valence-electron chi connectivity index (χ4n) is 1.89. The number of carboxylic acids is 1. The third kappa shape index (κ3) is 10.5. The molecule has 0 saturated heterocycles. The predicted molar refractivity (Wildman–Crippen MR) is 99.2 cm³/mol. The van der Waals surface area contributed by atoms with Gasteiger partial charge in [-0.05, 0) is 32.8 Å². The summed E-state index contributed by atoms with van der Waals surface area (Å²) in [6.45, 7) is 5.59. The molecule has 8 nitrogen and oxygen atoms in total. The van der Waals surface area contributed by atoms with Crippen molar-refractivity contribution in [3.63, 3.8) is 0 Å². The van der Waals surface area contributed by atoms with Crippen LogP contribution >= 0.6 is 0 Å². The third-order valence-corrected chi connectivity index (χ3v) is 3.06. The molecule has 0 unspecified atom stereocenters. The zero-order valence-electron chi connectivity index (χ0n) is 15.7. The van der Waals surface area contributed by atoms with E-state index >= 15 is 0 Å². The normalized spacial score (nSPS) is 12.3. The van der Waals surface area contributed by atoms with Crippen LogP contribution in [0.1, 0.15) is 32.8 Å². The van der Waals surface area contributed by atoms with Gasteiger partial charge in [-0.1, -0.05) is 42.5 Å². The van der Waals surface area contributed by atoms with E-state index in [2.05, 4.69) is 10.6 Å². The van der Waals surface area contributed by atoms with Crippen molar-refractivity contribution in [2.45, 2.75) is 45.4 Å². The van der Waals surface area contributed by atoms with Gasteiger partial charge in [0.15, 0.2) is 0 Å². The van der Waals surface area contributed by atoms with Gasteiger partial charge < -0.3 is 25.2 Å². The number of carbonyl (C=O) groups excluding carboxylic acids is 2. The van der Waals surface area contributed by atoms with Gasteiger partial charge in [-0.2, -0.15) is 0 Å². The fraction of sp³-hybridized carbons (Fsp3) is 0.421. The van der Waals surface area contributed by atoms with E-state index in [9.17, 15) is 14.4 Å². The topological polar surface area (TPSA) is 114 Å². The molecule has 1 atom stereocenters. The highest BCUT2D eigenvalue weighted by molar-refractivity contribution is 5.81. The fourth-order valence-corrected chi connectivity index (χ4v) is 1.89. The zero-order chi connectivity index (χ0) is 20.3. The minimum absolute atomic E-state index is 0.0442. The number of ether oxygens (including phenoxy) is 2. The smallest absolute Gasteiger partial charge is 0.408 e. The number of hydrogen-bond acceptors (Lipinski definition) is 5. The van der Waals surface area contributed by atoms with Gasteiger partial charge in [0, 0.05) is 6.54 Å². The van der Waals surface area contributed by atoms with Gasteiger partial charge >= 0.3 is 18.2 Å². The van der Waals surface area contributed by atoms with Crippen molar-refractivity contribution in [3.05, 3.63) is 48.0 Å². The van der Waals surface area contributed by atoms with Gasteiger partial charge in [-0.3, -0.25) is 0 Å². The summed E-state index contributed by atoms with van der Waals surface area (Å²) in [4.78, 5) is 34.4. The lowest BCUT2D eigenvalue weighted by atomic mass is 10.2. The van der Waals surface area contributed by atoms with Crippen LogP contribution < -0.4 is 10.6 Å². The highest BCUT2D eigenvalue weighted by Gasteiger charge is 2.18. The summed E-state index contributed by atoms with van der Waals surface area (Å²) >= 11 is 0. The summed E-state index contributed by atoms with van der Waals surface area (Å²) in [6.07, 6.45) is 1.87. The lowest BCUT2D eigenvalue weighted by molar-refractivity contribution is -0.138. The number of amides is 2. The molecule has 0 fully saturated rings. The van der Waals surface area contributed by atoms with Gasteiger partial charge in [0.05, 0.1) is 0 Å². The van der Waals surface area contributed by atoms with Crippen molar-refractivity contribution in [1.82, 2.24) is 10.6 Å². The van der Waals surface area contributed by atoms with E-state index in [1.165, 1.54) is 6.08 Å². The summed E-state index contributed by atoms with van der Waals surface area (Å²) in [5, 5.41) is 14.0. The zero-order valence-corrected chi connectivity index (χ0v) is 15.7. The molecule has 0 aliphatic heterocycles. The van der Waals surface area contributed by atoms with Crippen molar-refractivity contribution in [2.75, 3.05) is 6.54 Å². The van der Waals surface area contributed by atoms with Crippen LogP contribution in [0.3, 0.4) is 0 Å². The van der Waals surface area contributed by atoms with Crippen molar-refractivity contribution in [1.29, 1.82) is 0 Å². The highest BCUT2D eigenvalue weighted by atomic mass is 16.6. The molecule has 148 valence electrons. The monoisotopic (exact) mass is 378 g/mol. The Labute approximate surface area is 158 Å². The van der Waals surface area contributed by atoms with E-state index < -0.39 is 29.8 Å². The Balaban J connectivity index is 2.35. The number of hydrogen-bond donors (Lipinski definition) is 3. The molecule has 0 aliphatic carbocycles. The second kappa shape index (κ2) is 10.8. The highest BCUT2D eigenvalue weighted by Crippen LogP contribution is 2.06. The predicted octanol–water partition coefficient (Wildman–Crippen LogP) is 2.84. The van der Waals surface area contributed by atoms with Gasteiger partial charge in [0.1, 0.15) is 18.2 Å². The summed E-state index contributed by atoms with van der Waals surface area (Å²) in [5.41, 5.74) is 0.210. The van der Waals surface area contributed by atoms with E-state index in [0.717, 1.165) is 5.56 Å². The Morgan fingerprint density at radius 2 is 1.81 bits per heavy atom. The van der Waals surface area contributed by atoms with Crippen LogP contribution in [0.15, 0.2) is 42.5 Å². The van der Waals surface area contributed by atoms with Crippen LogP contribution in [0.4, 0.5) is 9.59 Å². The average molecular weight is 378 g/mol. The molecular formula is C19H26N2O6. The average Bonchev–Trinajstić information content (AvgIpc) is 2.57. The number of benzene rings is 1. The van der Waals surface area contributed by atoms with Crippen molar-refractivity contribution < 1.29 is 29.0 Å². The first-order valence-corrected chi connectivity index (χ1v) is 8.51. The SMILES string of the molecule is CC(C)(C)OC(=O)NCC/C=C/[C@H](NC(=O)OCc1ccccc1)C(=O)O. The molecule has 3 N–H and O–H groups in total. The van der Waals surface area contributed by atoms with Crippen LogP contribution in [0.2, 0.25) is 0 Å². The molecule has 1 aromatic rings. The molecular weight excluding hydrogens is 352 g/mol. The molecule has 0 saturated carbocycles. The number of nitrogens with one attached hydrogen (secondary N) is 2. The number of aliphatic carboxylic acids is 1. The van der Waals surface area contributed by atoms with Crippen molar-refractivity contribution in [2.24, 2.45) is 0 Å². The van der Waals surface area contributed by atoms with E-state index in [4.69, 9.17) is 14.6 Å². The number of alkyl carbamates (subject to hydrolysis) is 2. The van der Waals surface area contributed by atoms with Crippen molar-refractivity contribution >= 4 is 18.2 Å². The van der Waals surface area contributed by atoms with Crippen LogP contribution in [0, 0.1) is 0 Å². The second-order valence-corrected chi connectivity index (χ2v) is 6.67. The van der Waals surface area contributed by atoms with Crippen LogP contribution in [0.5, 0.6) is 0 Å². The second-order valence-electron chi connectivity index (χ2n) is 6.67. The molecule has 8 heteroatoms. The minimum Gasteiger partial charge on any atom is -0.479 e. The van der Waals surface area contributed by atoms with Crippen LogP contribution in [-0.2, 0) is 20.9 Å². The van der Waals surface area contributed by atoms with Gasteiger partial charge in [-0.25, -0.2) is 14.4 Å². The molecule has 2 amide bonds. The Bertz CT molecular complexity index is 652. The first kappa shape index (κ1) is 22.0. The molecule has 1 rings (SSSR count). The maximum Gasteiger partial charge on any atom is 0.408 e.